The van der Waals surface area contributed by atoms with Gasteiger partial charge in [0.25, 0.3) is 0 Å². The fraction of sp³-hybridized carbons (Fsp3) is 0.538. The molecule has 0 saturated heterocycles. The van der Waals surface area contributed by atoms with E-state index in [0.29, 0.717) is 11.6 Å². The molecule has 0 aliphatic heterocycles. The molecule has 2 N–H and O–H groups in total. The number of hydrogen-bond acceptors (Lipinski definition) is 2. The molecule has 0 heterocycles. The second-order valence-corrected chi connectivity index (χ2v) is 5.27. The highest BCUT2D eigenvalue weighted by atomic mass is 35.5. The van der Waals surface area contributed by atoms with E-state index in [4.69, 9.17) is 17.3 Å². The topological polar surface area (TPSA) is 29.3 Å². The Morgan fingerprint density at radius 2 is 2.18 bits per heavy atom. The molecule has 0 spiro atoms. The van der Waals surface area contributed by atoms with Gasteiger partial charge in [-0.15, -0.1) is 0 Å². The van der Waals surface area contributed by atoms with Crippen LogP contribution in [-0.2, 0) is 0 Å². The number of rotatable bonds is 5. The van der Waals surface area contributed by atoms with Gasteiger partial charge >= 0.3 is 0 Å². The smallest absolute Gasteiger partial charge is 0.125 e. The van der Waals surface area contributed by atoms with Gasteiger partial charge in [0.2, 0.25) is 0 Å². The fourth-order valence-electron chi connectivity index (χ4n) is 2.17. The molecule has 1 aromatic carbocycles. The van der Waals surface area contributed by atoms with Gasteiger partial charge in [-0.2, -0.15) is 0 Å². The molecule has 0 amide bonds. The summed E-state index contributed by atoms with van der Waals surface area (Å²) in [6.45, 7) is 1.50. The lowest BCUT2D eigenvalue weighted by Gasteiger charge is -2.27. The standard InChI is InChI=1S/C13H18ClFN2/c1-17(8-9-2-3-9)13(7-16)10-4-11(14)6-12(15)5-10/h4-6,9,13H,2-3,7-8,16H2,1H3. The van der Waals surface area contributed by atoms with Gasteiger partial charge in [-0.3, -0.25) is 4.90 Å². The Labute approximate surface area is 107 Å². The van der Waals surface area contributed by atoms with Gasteiger partial charge in [0.1, 0.15) is 5.82 Å². The van der Waals surface area contributed by atoms with Crippen LogP contribution in [0.1, 0.15) is 24.4 Å². The Hall–Kier alpha value is -0.640. The number of halogens is 2. The maximum atomic E-state index is 13.3. The van der Waals surface area contributed by atoms with Crippen molar-refractivity contribution >= 4 is 11.6 Å². The zero-order valence-electron chi connectivity index (χ0n) is 10.00. The van der Waals surface area contributed by atoms with E-state index in [9.17, 15) is 4.39 Å². The molecular formula is C13H18ClFN2. The average Bonchev–Trinajstić information content (AvgIpc) is 3.01. The molecule has 0 radical (unpaired) electrons. The SMILES string of the molecule is CN(CC1CC1)C(CN)c1cc(F)cc(Cl)c1. The van der Waals surface area contributed by atoms with Crippen LogP contribution >= 0.6 is 11.6 Å². The molecule has 1 aromatic rings. The van der Waals surface area contributed by atoms with Crippen molar-refractivity contribution in [2.45, 2.75) is 18.9 Å². The third kappa shape index (κ3) is 3.41. The van der Waals surface area contributed by atoms with Crippen LogP contribution in [0.4, 0.5) is 4.39 Å². The molecule has 1 atom stereocenters. The van der Waals surface area contributed by atoms with Crippen LogP contribution in [0.15, 0.2) is 18.2 Å². The van der Waals surface area contributed by atoms with E-state index in [1.165, 1.54) is 25.0 Å². The highest BCUT2D eigenvalue weighted by Gasteiger charge is 2.26. The number of likely N-dealkylation sites (N-methyl/N-ethyl adjacent to an activating group) is 1. The maximum Gasteiger partial charge on any atom is 0.125 e. The monoisotopic (exact) mass is 256 g/mol. The summed E-state index contributed by atoms with van der Waals surface area (Å²) < 4.78 is 13.3. The van der Waals surface area contributed by atoms with Crippen LogP contribution in [0.25, 0.3) is 0 Å². The molecule has 2 rings (SSSR count). The molecule has 94 valence electrons. The van der Waals surface area contributed by atoms with Crippen molar-refractivity contribution < 1.29 is 4.39 Å². The Kier molecular flexibility index (Phi) is 4.02. The molecule has 1 aliphatic rings. The quantitative estimate of drug-likeness (QED) is 0.878. The van der Waals surface area contributed by atoms with Gasteiger partial charge in [-0.1, -0.05) is 11.6 Å². The van der Waals surface area contributed by atoms with E-state index in [2.05, 4.69) is 4.90 Å². The molecule has 1 fully saturated rings. The highest BCUT2D eigenvalue weighted by molar-refractivity contribution is 6.30. The van der Waals surface area contributed by atoms with Crippen molar-refractivity contribution in [3.05, 3.63) is 34.6 Å². The second-order valence-electron chi connectivity index (χ2n) is 4.84. The van der Waals surface area contributed by atoms with Gasteiger partial charge in [-0.05, 0) is 49.6 Å². The molecule has 0 aromatic heterocycles. The summed E-state index contributed by atoms with van der Waals surface area (Å²) in [5.74, 6) is 0.490. The summed E-state index contributed by atoms with van der Waals surface area (Å²) >= 11 is 5.87. The van der Waals surface area contributed by atoms with Gasteiger partial charge in [0.15, 0.2) is 0 Å². The summed E-state index contributed by atoms with van der Waals surface area (Å²) in [7, 11) is 2.04. The minimum atomic E-state index is -0.300. The normalized spacial score (nSPS) is 17.5. The molecule has 0 bridgehead atoms. The highest BCUT2D eigenvalue weighted by Crippen LogP contribution is 2.32. The van der Waals surface area contributed by atoms with E-state index in [1.807, 2.05) is 7.05 Å². The Morgan fingerprint density at radius 1 is 1.47 bits per heavy atom. The molecule has 1 aliphatic carbocycles. The van der Waals surface area contributed by atoms with Crippen molar-refractivity contribution in [1.29, 1.82) is 0 Å². The predicted octanol–water partition coefficient (Wildman–Crippen LogP) is 2.82. The fourth-order valence-corrected chi connectivity index (χ4v) is 2.40. The summed E-state index contributed by atoms with van der Waals surface area (Å²) in [6.07, 6.45) is 2.59. The summed E-state index contributed by atoms with van der Waals surface area (Å²) in [6, 6.07) is 4.68. The second kappa shape index (κ2) is 5.34. The third-order valence-electron chi connectivity index (χ3n) is 3.27. The average molecular weight is 257 g/mol. The first-order valence-electron chi connectivity index (χ1n) is 5.96. The summed E-state index contributed by atoms with van der Waals surface area (Å²) in [4.78, 5) is 2.20. The van der Waals surface area contributed by atoms with Crippen LogP contribution in [-0.4, -0.2) is 25.0 Å². The first-order chi connectivity index (χ1) is 8.10. The largest absolute Gasteiger partial charge is 0.329 e. The van der Waals surface area contributed by atoms with Gasteiger partial charge in [-0.25, -0.2) is 4.39 Å². The number of benzene rings is 1. The molecule has 1 saturated carbocycles. The summed E-state index contributed by atoms with van der Waals surface area (Å²) in [5, 5.41) is 0.429. The van der Waals surface area contributed by atoms with Gasteiger partial charge < -0.3 is 5.73 Å². The van der Waals surface area contributed by atoms with Crippen molar-refractivity contribution in [3.8, 4) is 0 Å². The zero-order chi connectivity index (χ0) is 12.4. The number of nitrogens with two attached hydrogens (primary N) is 1. The lowest BCUT2D eigenvalue weighted by atomic mass is 10.1. The molecule has 1 unspecified atom stereocenters. The van der Waals surface area contributed by atoms with Crippen LogP contribution in [0, 0.1) is 11.7 Å². The Bertz CT molecular complexity index is 373. The van der Waals surface area contributed by atoms with E-state index < -0.39 is 0 Å². The summed E-state index contributed by atoms with van der Waals surface area (Å²) in [5.41, 5.74) is 6.66. The number of hydrogen-bond donors (Lipinski definition) is 1. The van der Waals surface area contributed by atoms with Crippen LogP contribution < -0.4 is 5.73 Å². The van der Waals surface area contributed by atoms with Crippen LogP contribution in [0.2, 0.25) is 5.02 Å². The molecular weight excluding hydrogens is 239 g/mol. The maximum absolute atomic E-state index is 13.3. The van der Waals surface area contributed by atoms with Crippen molar-refractivity contribution in [3.63, 3.8) is 0 Å². The molecule has 2 nitrogen and oxygen atoms in total. The van der Waals surface area contributed by atoms with E-state index in [0.717, 1.165) is 18.0 Å². The van der Waals surface area contributed by atoms with E-state index in [1.54, 1.807) is 6.07 Å². The zero-order valence-corrected chi connectivity index (χ0v) is 10.8. The predicted molar refractivity (Wildman–Crippen MR) is 68.6 cm³/mol. The van der Waals surface area contributed by atoms with Gasteiger partial charge in [0, 0.05) is 24.2 Å². The van der Waals surface area contributed by atoms with Crippen molar-refractivity contribution in [2.75, 3.05) is 20.1 Å². The van der Waals surface area contributed by atoms with Gasteiger partial charge in [0.05, 0.1) is 0 Å². The molecule has 17 heavy (non-hydrogen) atoms. The van der Waals surface area contributed by atoms with Crippen LogP contribution in [0.5, 0.6) is 0 Å². The third-order valence-corrected chi connectivity index (χ3v) is 3.49. The Morgan fingerprint density at radius 3 is 2.71 bits per heavy atom. The number of nitrogens with zero attached hydrogens (tertiary/aromatic N) is 1. The minimum Gasteiger partial charge on any atom is -0.329 e. The van der Waals surface area contributed by atoms with Crippen LogP contribution in [0.3, 0.4) is 0 Å². The van der Waals surface area contributed by atoms with Crippen molar-refractivity contribution in [1.82, 2.24) is 4.90 Å². The van der Waals surface area contributed by atoms with E-state index in [-0.39, 0.29) is 11.9 Å². The van der Waals surface area contributed by atoms with Crippen molar-refractivity contribution in [2.24, 2.45) is 11.7 Å². The minimum absolute atomic E-state index is 0.0452. The Balaban J connectivity index is 2.14. The first-order valence-corrected chi connectivity index (χ1v) is 6.34. The molecule has 4 heteroatoms. The lowest BCUT2D eigenvalue weighted by Crippen LogP contribution is -2.32. The van der Waals surface area contributed by atoms with E-state index >= 15 is 0 Å². The first kappa shape index (κ1) is 12.8. The lowest BCUT2D eigenvalue weighted by molar-refractivity contribution is 0.240.